The standard InChI is InChI=1S/C22H28N4O2S/c1-17(21(27)26-13-2-5-19(26)20-6-3-16-29-20)24-11-4-12-25(15-14-24)22(28)18-7-9-23-10-8-18/h3,6-10,16-17,19H,2,4-5,11-15H2,1H3. The van der Waals surface area contributed by atoms with Gasteiger partial charge in [-0.2, -0.15) is 0 Å². The fourth-order valence-corrected chi connectivity index (χ4v) is 5.28. The van der Waals surface area contributed by atoms with Gasteiger partial charge in [0, 0.05) is 55.6 Å². The van der Waals surface area contributed by atoms with E-state index in [1.807, 2.05) is 11.8 Å². The van der Waals surface area contributed by atoms with Crippen LogP contribution in [-0.4, -0.2) is 70.3 Å². The van der Waals surface area contributed by atoms with Gasteiger partial charge in [0.25, 0.3) is 5.91 Å². The van der Waals surface area contributed by atoms with E-state index < -0.39 is 0 Å². The van der Waals surface area contributed by atoms with Gasteiger partial charge in [-0.15, -0.1) is 11.3 Å². The van der Waals surface area contributed by atoms with E-state index >= 15 is 0 Å². The van der Waals surface area contributed by atoms with Gasteiger partial charge in [-0.25, -0.2) is 0 Å². The Bertz CT molecular complexity index is 827. The first-order chi connectivity index (χ1) is 14.1. The highest BCUT2D eigenvalue weighted by atomic mass is 32.1. The first-order valence-electron chi connectivity index (χ1n) is 10.4. The molecule has 4 heterocycles. The number of amides is 2. The fourth-order valence-electron chi connectivity index (χ4n) is 4.41. The zero-order chi connectivity index (χ0) is 20.2. The number of hydrogen-bond acceptors (Lipinski definition) is 5. The highest BCUT2D eigenvalue weighted by Crippen LogP contribution is 2.35. The van der Waals surface area contributed by atoms with Crippen molar-refractivity contribution in [3.05, 3.63) is 52.5 Å². The van der Waals surface area contributed by atoms with Crippen molar-refractivity contribution in [2.45, 2.75) is 38.3 Å². The van der Waals surface area contributed by atoms with Gasteiger partial charge in [0.15, 0.2) is 0 Å². The first kappa shape index (κ1) is 20.0. The lowest BCUT2D eigenvalue weighted by Crippen LogP contribution is -2.48. The summed E-state index contributed by atoms with van der Waals surface area (Å²) in [4.78, 5) is 37.5. The highest BCUT2D eigenvalue weighted by molar-refractivity contribution is 7.10. The van der Waals surface area contributed by atoms with Crippen LogP contribution in [0.25, 0.3) is 0 Å². The number of carbonyl (C=O) groups excluding carboxylic acids is 2. The number of rotatable bonds is 4. The Morgan fingerprint density at radius 3 is 2.66 bits per heavy atom. The van der Waals surface area contributed by atoms with Crippen LogP contribution in [0.1, 0.15) is 47.5 Å². The molecule has 2 saturated heterocycles. The van der Waals surface area contributed by atoms with E-state index in [9.17, 15) is 9.59 Å². The number of pyridine rings is 1. The predicted octanol–water partition coefficient (Wildman–Crippen LogP) is 3.04. The van der Waals surface area contributed by atoms with Gasteiger partial charge in [0.2, 0.25) is 5.91 Å². The van der Waals surface area contributed by atoms with Crippen LogP contribution < -0.4 is 0 Å². The summed E-state index contributed by atoms with van der Waals surface area (Å²) < 4.78 is 0. The van der Waals surface area contributed by atoms with Crippen LogP contribution in [0.15, 0.2) is 42.0 Å². The summed E-state index contributed by atoms with van der Waals surface area (Å²) in [6.45, 7) is 5.79. The van der Waals surface area contributed by atoms with Gasteiger partial charge in [0.1, 0.15) is 0 Å². The first-order valence-corrected chi connectivity index (χ1v) is 11.3. The molecule has 2 aliphatic rings. The van der Waals surface area contributed by atoms with Gasteiger partial charge in [0.05, 0.1) is 12.1 Å². The molecular formula is C22H28N4O2S. The minimum absolute atomic E-state index is 0.0468. The molecule has 0 aliphatic carbocycles. The smallest absolute Gasteiger partial charge is 0.254 e. The van der Waals surface area contributed by atoms with E-state index in [4.69, 9.17) is 0 Å². The van der Waals surface area contributed by atoms with Crippen molar-refractivity contribution in [3.63, 3.8) is 0 Å². The van der Waals surface area contributed by atoms with Gasteiger partial charge >= 0.3 is 0 Å². The Labute approximate surface area is 176 Å². The molecule has 2 aliphatic heterocycles. The molecule has 0 saturated carbocycles. The summed E-state index contributed by atoms with van der Waals surface area (Å²) in [7, 11) is 0. The van der Waals surface area contributed by atoms with Crippen LogP contribution in [0.4, 0.5) is 0 Å². The third-order valence-electron chi connectivity index (χ3n) is 6.06. The second-order valence-corrected chi connectivity index (χ2v) is 8.78. The van der Waals surface area contributed by atoms with Crippen LogP contribution in [0.5, 0.6) is 0 Å². The third kappa shape index (κ3) is 4.36. The van der Waals surface area contributed by atoms with E-state index in [-0.39, 0.29) is 23.9 Å². The van der Waals surface area contributed by atoms with Crippen molar-refractivity contribution in [2.75, 3.05) is 32.7 Å². The lowest BCUT2D eigenvalue weighted by molar-refractivity contribution is -0.137. The summed E-state index contributed by atoms with van der Waals surface area (Å²) in [5.41, 5.74) is 0.674. The number of likely N-dealkylation sites (tertiary alicyclic amines) is 1. The Hall–Kier alpha value is -2.25. The SMILES string of the molecule is CC(C(=O)N1CCCC1c1cccs1)N1CCCN(C(=O)c2ccncc2)CC1. The second kappa shape index (κ2) is 9.05. The third-order valence-corrected chi connectivity index (χ3v) is 7.03. The molecule has 7 heteroatoms. The van der Waals surface area contributed by atoms with Crippen molar-refractivity contribution >= 4 is 23.2 Å². The summed E-state index contributed by atoms with van der Waals surface area (Å²) in [5.74, 6) is 0.264. The maximum atomic E-state index is 13.3. The van der Waals surface area contributed by atoms with E-state index in [0.29, 0.717) is 12.1 Å². The molecule has 6 nitrogen and oxygen atoms in total. The summed E-state index contributed by atoms with van der Waals surface area (Å²) >= 11 is 1.74. The quantitative estimate of drug-likeness (QED) is 0.775. The molecule has 2 fully saturated rings. The maximum absolute atomic E-state index is 13.3. The van der Waals surface area contributed by atoms with Crippen molar-refractivity contribution in [2.24, 2.45) is 0 Å². The minimum atomic E-state index is -0.161. The molecule has 2 aromatic heterocycles. The van der Waals surface area contributed by atoms with Crippen LogP contribution in [0.3, 0.4) is 0 Å². The number of thiophene rings is 1. The monoisotopic (exact) mass is 412 g/mol. The molecule has 0 N–H and O–H groups in total. The molecule has 2 amide bonds. The highest BCUT2D eigenvalue weighted by Gasteiger charge is 2.35. The number of carbonyl (C=O) groups is 2. The number of hydrogen-bond donors (Lipinski definition) is 0. The van der Waals surface area contributed by atoms with Crippen molar-refractivity contribution in [3.8, 4) is 0 Å². The number of nitrogens with zero attached hydrogens (tertiary/aromatic N) is 4. The lowest BCUT2D eigenvalue weighted by Gasteiger charge is -2.32. The summed E-state index contributed by atoms with van der Waals surface area (Å²) in [6, 6.07) is 7.78. The Balaban J connectivity index is 1.38. The van der Waals surface area contributed by atoms with Crippen LogP contribution in [-0.2, 0) is 4.79 Å². The summed E-state index contributed by atoms with van der Waals surface area (Å²) in [5, 5.41) is 2.09. The van der Waals surface area contributed by atoms with Gasteiger partial charge in [-0.1, -0.05) is 6.07 Å². The summed E-state index contributed by atoms with van der Waals surface area (Å²) in [6.07, 6.45) is 6.29. The Kier molecular flexibility index (Phi) is 6.25. The zero-order valence-corrected chi connectivity index (χ0v) is 17.7. The Morgan fingerprint density at radius 2 is 1.90 bits per heavy atom. The average molecular weight is 413 g/mol. The molecular weight excluding hydrogens is 384 g/mol. The van der Waals surface area contributed by atoms with Crippen LogP contribution in [0, 0.1) is 0 Å². The van der Waals surface area contributed by atoms with Gasteiger partial charge in [-0.3, -0.25) is 19.5 Å². The topological polar surface area (TPSA) is 56.8 Å². The fraction of sp³-hybridized carbons (Fsp3) is 0.500. The van der Waals surface area contributed by atoms with E-state index in [0.717, 1.165) is 45.4 Å². The van der Waals surface area contributed by atoms with E-state index in [2.05, 4.69) is 32.3 Å². The largest absolute Gasteiger partial charge is 0.337 e. The van der Waals surface area contributed by atoms with E-state index in [1.165, 1.54) is 4.88 Å². The normalized spacial score (nSPS) is 21.8. The Morgan fingerprint density at radius 1 is 1.07 bits per heavy atom. The second-order valence-electron chi connectivity index (χ2n) is 7.80. The predicted molar refractivity (Wildman–Crippen MR) is 114 cm³/mol. The molecule has 0 bridgehead atoms. The van der Waals surface area contributed by atoms with Crippen molar-refractivity contribution in [1.29, 1.82) is 0 Å². The lowest BCUT2D eigenvalue weighted by atomic mass is 10.1. The molecule has 4 rings (SSSR count). The van der Waals surface area contributed by atoms with Gasteiger partial charge < -0.3 is 9.80 Å². The molecule has 0 aromatic carbocycles. The maximum Gasteiger partial charge on any atom is 0.254 e. The average Bonchev–Trinajstić information content (AvgIpc) is 3.40. The molecule has 2 aromatic rings. The van der Waals surface area contributed by atoms with Gasteiger partial charge in [-0.05, 0) is 49.8 Å². The molecule has 2 atom stereocenters. The zero-order valence-electron chi connectivity index (χ0n) is 16.9. The number of aromatic nitrogens is 1. The van der Waals surface area contributed by atoms with Crippen molar-refractivity contribution < 1.29 is 9.59 Å². The molecule has 154 valence electrons. The molecule has 29 heavy (non-hydrogen) atoms. The van der Waals surface area contributed by atoms with E-state index in [1.54, 1.807) is 35.9 Å². The molecule has 0 spiro atoms. The van der Waals surface area contributed by atoms with Crippen LogP contribution >= 0.6 is 11.3 Å². The minimum Gasteiger partial charge on any atom is -0.337 e. The van der Waals surface area contributed by atoms with Crippen LogP contribution in [0.2, 0.25) is 0 Å². The molecule has 2 unspecified atom stereocenters. The van der Waals surface area contributed by atoms with Crippen molar-refractivity contribution in [1.82, 2.24) is 19.7 Å². The molecule has 0 radical (unpaired) electrons.